The molecule has 0 unspecified atom stereocenters. The molecule has 2 rings (SSSR count). The highest BCUT2D eigenvalue weighted by atomic mass is 32.1. The molecule has 0 amide bonds. The molecule has 0 aliphatic heterocycles. The molecule has 29 heavy (non-hydrogen) atoms. The summed E-state index contributed by atoms with van der Waals surface area (Å²) in [6.45, 7) is 8.63. The number of aromatic nitrogens is 1. The van der Waals surface area contributed by atoms with E-state index in [4.69, 9.17) is 14.2 Å². The number of hydrogen-bond acceptors (Lipinski definition) is 8. The molecule has 0 atom stereocenters. The van der Waals surface area contributed by atoms with E-state index >= 15 is 0 Å². The van der Waals surface area contributed by atoms with Crippen LogP contribution < -0.4 is 14.9 Å². The molecule has 156 valence electrons. The summed E-state index contributed by atoms with van der Waals surface area (Å²) in [6, 6.07) is 3.87. The molecule has 1 heterocycles. The first kappa shape index (κ1) is 22.4. The van der Waals surface area contributed by atoms with Gasteiger partial charge in [-0.2, -0.15) is 5.10 Å². The number of ether oxygens (including phenoxy) is 3. The predicted molar refractivity (Wildman–Crippen MR) is 116 cm³/mol. The van der Waals surface area contributed by atoms with E-state index in [9.17, 15) is 4.79 Å². The van der Waals surface area contributed by atoms with Crippen LogP contribution in [0.4, 0.5) is 5.13 Å². The molecule has 0 aliphatic rings. The minimum atomic E-state index is -0.292. The highest BCUT2D eigenvalue weighted by Crippen LogP contribution is 2.33. The molecule has 8 heteroatoms. The van der Waals surface area contributed by atoms with E-state index in [-0.39, 0.29) is 12.4 Å². The summed E-state index contributed by atoms with van der Waals surface area (Å²) in [5.74, 6) is 1.10. The number of benzene rings is 1. The fourth-order valence-electron chi connectivity index (χ4n) is 2.55. The van der Waals surface area contributed by atoms with Crippen molar-refractivity contribution in [1.29, 1.82) is 0 Å². The topological polar surface area (TPSA) is 82.0 Å². The predicted octanol–water partition coefficient (Wildman–Crippen LogP) is 4.22. The molecule has 0 aliphatic carbocycles. The van der Waals surface area contributed by atoms with Crippen molar-refractivity contribution in [3.63, 3.8) is 0 Å². The third-order valence-corrected chi connectivity index (χ3v) is 4.54. The average molecular weight is 418 g/mol. The lowest BCUT2D eigenvalue weighted by Crippen LogP contribution is -2.07. The number of anilines is 1. The lowest BCUT2D eigenvalue weighted by Gasteiger charge is -2.15. The van der Waals surface area contributed by atoms with Crippen molar-refractivity contribution in [2.24, 2.45) is 5.10 Å². The minimum absolute atomic E-state index is 0.150. The third-order valence-electron chi connectivity index (χ3n) is 3.75. The Morgan fingerprint density at radius 1 is 1.38 bits per heavy atom. The summed E-state index contributed by atoms with van der Waals surface area (Å²) >= 11 is 1.37. The number of thiazole rings is 1. The van der Waals surface area contributed by atoms with Crippen molar-refractivity contribution in [2.75, 3.05) is 25.7 Å². The number of methoxy groups -OCH3 is 1. The van der Waals surface area contributed by atoms with Crippen LogP contribution >= 0.6 is 11.3 Å². The van der Waals surface area contributed by atoms with E-state index in [0.29, 0.717) is 36.2 Å². The molecule has 0 radical (unpaired) electrons. The molecule has 7 nitrogen and oxygen atoms in total. The maximum absolute atomic E-state index is 11.5. The van der Waals surface area contributed by atoms with Crippen molar-refractivity contribution in [1.82, 2.24) is 4.98 Å². The molecule has 0 saturated carbocycles. The van der Waals surface area contributed by atoms with Crippen LogP contribution in [-0.2, 0) is 22.4 Å². The monoisotopic (exact) mass is 417 g/mol. The summed E-state index contributed by atoms with van der Waals surface area (Å²) in [7, 11) is 1.62. The van der Waals surface area contributed by atoms with Gasteiger partial charge < -0.3 is 14.2 Å². The second-order valence-corrected chi connectivity index (χ2v) is 6.91. The molecule has 1 N–H and O–H groups in total. The molecule has 1 aromatic heterocycles. The van der Waals surface area contributed by atoms with E-state index in [0.717, 1.165) is 23.3 Å². The summed E-state index contributed by atoms with van der Waals surface area (Å²) in [5.41, 5.74) is 5.39. The third kappa shape index (κ3) is 6.90. The SMILES string of the molecule is C=CCc1cc(C=NNc2nc(CC(=O)OCC)cs2)cc(OC)c1OCCC. The zero-order valence-electron chi connectivity index (χ0n) is 17.1. The average Bonchev–Trinajstić information content (AvgIpc) is 3.14. The van der Waals surface area contributed by atoms with Gasteiger partial charge >= 0.3 is 5.97 Å². The first-order valence-corrected chi connectivity index (χ1v) is 10.3. The number of allylic oxidation sites excluding steroid dienone is 1. The number of rotatable bonds is 12. The number of carbonyl (C=O) groups excluding carboxylic acids is 1. The molecular formula is C21H27N3O4S. The van der Waals surface area contributed by atoms with Gasteiger partial charge in [0.15, 0.2) is 11.5 Å². The Hall–Kier alpha value is -2.87. The van der Waals surface area contributed by atoms with Gasteiger partial charge in [0, 0.05) is 10.9 Å². The lowest BCUT2D eigenvalue weighted by molar-refractivity contribution is -0.142. The molecule has 0 saturated heterocycles. The fourth-order valence-corrected chi connectivity index (χ4v) is 3.21. The van der Waals surface area contributed by atoms with Crippen LogP contribution in [0.15, 0.2) is 35.3 Å². The smallest absolute Gasteiger partial charge is 0.311 e. The first-order valence-electron chi connectivity index (χ1n) is 9.44. The zero-order valence-corrected chi connectivity index (χ0v) is 17.9. The van der Waals surface area contributed by atoms with Gasteiger partial charge in [0.05, 0.1) is 38.7 Å². The lowest BCUT2D eigenvalue weighted by atomic mass is 10.1. The van der Waals surface area contributed by atoms with Gasteiger partial charge in [-0.05, 0) is 37.5 Å². The highest BCUT2D eigenvalue weighted by molar-refractivity contribution is 7.13. The fraction of sp³-hybridized carbons (Fsp3) is 0.381. The van der Waals surface area contributed by atoms with E-state index in [1.807, 2.05) is 18.2 Å². The van der Waals surface area contributed by atoms with E-state index in [1.165, 1.54) is 11.3 Å². The first-order chi connectivity index (χ1) is 14.1. The van der Waals surface area contributed by atoms with Gasteiger partial charge in [-0.3, -0.25) is 10.2 Å². The van der Waals surface area contributed by atoms with E-state index in [1.54, 1.807) is 25.6 Å². The van der Waals surface area contributed by atoms with Gasteiger partial charge in [0.1, 0.15) is 0 Å². The largest absolute Gasteiger partial charge is 0.493 e. The maximum Gasteiger partial charge on any atom is 0.311 e. The maximum atomic E-state index is 11.5. The van der Waals surface area contributed by atoms with Gasteiger partial charge in [0.2, 0.25) is 5.13 Å². The Kier molecular flexibility index (Phi) is 9.17. The molecular weight excluding hydrogens is 390 g/mol. The van der Waals surface area contributed by atoms with Crippen molar-refractivity contribution >= 4 is 28.7 Å². The van der Waals surface area contributed by atoms with Crippen LogP contribution in [0, 0.1) is 0 Å². The van der Waals surface area contributed by atoms with Gasteiger partial charge in [-0.25, -0.2) is 4.98 Å². The van der Waals surface area contributed by atoms with Gasteiger partial charge in [-0.15, -0.1) is 17.9 Å². The summed E-state index contributed by atoms with van der Waals surface area (Å²) in [5, 5.41) is 6.65. The van der Waals surface area contributed by atoms with E-state index < -0.39 is 0 Å². The Balaban J connectivity index is 2.09. The Bertz CT molecular complexity index is 848. The van der Waals surface area contributed by atoms with Crippen LogP contribution in [-0.4, -0.2) is 37.5 Å². The molecule has 0 fully saturated rings. The van der Waals surface area contributed by atoms with E-state index in [2.05, 4.69) is 29.0 Å². The van der Waals surface area contributed by atoms with Crippen LogP contribution in [0.5, 0.6) is 11.5 Å². The Labute approximate surface area is 175 Å². The summed E-state index contributed by atoms with van der Waals surface area (Å²) in [4.78, 5) is 15.8. The summed E-state index contributed by atoms with van der Waals surface area (Å²) in [6.07, 6.45) is 5.24. The zero-order chi connectivity index (χ0) is 21.1. The Morgan fingerprint density at radius 3 is 2.90 bits per heavy atom. The second kappa shape index (κ2) is 11.9. The van der Waals surface area contributed by atoms with Gasteiger partial charge in [-0.1, -0.05) is 13.0 Å². The van der Waals surface area contributed by atoms with Crippen molar-refractivity contribution in [3.8, 4) is 11.5 Å². The molecule has 0 bridgehead atoms. The van der Waals surface area contributed by atoms with Crippen molar-refractivity contribution < 1.29 is 19.0 Å². The molecule has 1 aromatic carbocycles. The number of nitrogens with one attached hydrogen (secondary N) is 1. The quantitative estimate of drug-likeness (QED) is 0.241. The second-order valence-electron chi connectivity index (χ2n) is 6.05. The molecule has 0 spiro atoms. The number of hydrogen-bond donors (Lipinski definition) is 1. The highest BCUT2D eigenvalue weighted by Gasteiger charge is 2.12. The minimum Gasteiger partial charge on any atom is -0.493 e. The molecule has 2 aromatic rings. The van der Waals surface area contributed by atoms with Crippen LogP contribution in [0.1, 0.15) is 37.1 Å². The van der Waals surface area contributed by atoms with Crippen molar-refractivity contribution in [3.05, 3.63) is 47.0 Å². The van der Waals surface area contributed by atoms with Crippen LogP contribution in [0.25, 0.3) is 0 Å². The standard InChI is InChI=1S/C21H27N3O4S/c1-5-8-16-10-15(11-18(26-4)20(16)28-9-6-2)13-22-24-21-23-17(14-29-21)12-19(25)27-7-3/h5,10-11,13-14H,1,6-9,12H2,2-4H3,(H,23,24). The normalized spacial score (nSPS) is 10.7. The number of hydrazone groups is 1. The number of nitrogens with zero attached hydrogens (tertiary/aromatic N) is 2. The number of esters is 1. The van der Waals surface area contributed by atoms with Crippen molar-refractivity contribution in [2.45, 2.75) is 33.1 Å². The van der Waals surface area contributed by atoms with Gasteiger partial charge in [0.25, 0.3) is 0 Å². The summed E-state index contributed by atoms with van der Waals surface area (Å²) < 4.78 is 16.3. The Morgan fingerprint density at radius 2 is 2.21 bits per heavy atom. The van der Waals surface area contributed by atoms with Crippen LogP contribution in [0.2, 0.25) is 0 Å². The number of carbonyl (C=O) groups is 1. The van der Waals surface area contributed by atoms with Crippen LogP contribution in [0.3, 0.4) is 0 Å².